The predicted molar refractivity (Wildman–Crippen MR) is 121 cm³/mol. The molecule has 4 rings (SSSR count). The summed E-state index contributed by atoms with van der Waals surface area (Å²) < 4.78 is 6.39. The first-order chi connectivity index (χ1) is 15.0. The Morgan fingerprint density at radius 2 is 1.84 bits per heavy atom. The first-order valence-corrected chi connectivity index (χ1v) is 10.4. The van der Waals surface area contributed by atoms with Gasteiger partial charge in [-0.3, -0.25) is 9.59 Å². The molecule has 0 atom stereocenters. The van der Waals surface area contributed by atoms with E-state index < -0.39 is 0 Å². The van der Waals surface area contributed by atoms with E-state index in [9.17, 15) is 9.59 Å². The van der Waals surface area contributed by atoms with E-state index in [1.54, 1.807) is 30.6 Å². The fourth-order valence-corrected chi connectivity index (χ4v) is 3.71. The van der Waals surface area contributed by atoms with E-state index in [0.29, 0.717) is 17.1 Å². The topological polar surface area (TPSA) is 86.1 Å². The summed E-state index contributed by atoms with van der Waals surface area (Å²) in [6.45, 7) is 1.75. The summed E-state index contributed by atoms with van der Waals surface area (Å²) in [5, 5.41) is 10.1. The van der Waals surface area contributed by atoms with Crippen LogP contribution in [-0.2, 0) is 11.3 Å². The van der Waals surface area contributed by atoms with Gasteiger partial charge in [0.25, 0.3) is 5.56 Å². The van der Waals surface area contributed by atoms with Crippen molar-refractivity contribution in [3.05, 3.63) is 81.4 Å². The first kappa shape index (κ1) is 20.5. The molecule has 1 N–H and O–H groups in total. The van der Waals surface area contributed by atoms with Crippen LogP contribution in [0, 0.1) is 6.92 Å². The smallest absolute Gasteiger partial charge is 0.267 e. The number of nitrogens with zero attached hydrogens (tertiary/aromatic N) is 3. The number of hydrogen-bond acceptors (Lipinski definition) is 6. The summed E-state index contributed by atoms with van der Waals surface area (Å²) in [5.41, 5.74) is 3.42. The Labute approximate surface area is 183 Å². The van der Waals surface area contributed by atoms with Gasteiger partial charge in [0.15, 0.2) is 0 Å². The molecule has 0 unspecified atom stereocenters. The number of carbonyl (C=O) groups is 1. The minimum atomic E-state index is -0.353. The summed E-state index contributed by atoms with van der Waals surface area (Å²) in [7, 11) is 1.59. The van der Waals surface area contributed by atoms with Crippen molar-refractivity contribution in [3.63, 3.8) is 0 Å². The van der Waals surface area contributed by atoms with Crippen LogP contribution in [0.3, 0.4) is 0 Å². The number of aryl methyl sites for hydroxylation is 1. The van der Waals surface area contributed by atoms with E-state index >= 15 is 0 Å². The zero-order valence-electron chi connectivity index (χ0n) is 17.0. The molecule has 4 aromatic rings. The van der Waals surface area contributed by atoms with Gasteiger partial charge in [-0.1, -0.05) is 24.3 Å². The molecule has 0 saturated heterocycles. The fraction of sp³-hybridized carbons (Fsp3) is 0.130. The van der Waals surface area contributed by atoms with Gasteiger partial charge < -0.3 is 10.1 Å². The fourth-order valence-electron chi connectivity index (χ4n) is 3.09. The monoisotopic (exact) mass is 432 g/mol. The largest absolute Gasteiger partial charge is 0.497 e. The van der Waals surface area contributed by atoms with Gasteiger partial charge in [-0.05, 0) is 37.3 Å². The minimum absolute atomic E-state index is 0.198. The van der Waals surface area contributed by atoms with Crippen LogP contribution in [0.25, 0.3) is 22.5 Å². The van der Waals surface area contributed by atoms with Crippen molar-refractivity contribution in [3.8, 4) is 28.3 Å². The maximum Gasteiger partial charge on any atom is 0.267 e. The molecule has 0 fully saturated rings. The van der Waals surface area contributed by atoms with E-state index in [1.807, 2.05) is 54.8 Å². The lowest BCUT2D eigenvalue weighted by molar-refractivity contribution is -0.117. The number of carbonyl (C=O) groups excluding carboxylic acids is 1. The Balaban J connectivity index is 1.52. The number of methoxy groups -OCH3 is 1. The Hall–Kier alpha value is -3.78. The lowest BCUT2D eigenvalue weighted by Crippen LogP contribution is -2.29. The average molecular weight is 433 g/mol. The molecule has 1 amide bonds. The molecule has 0 aliphatic carbocycles. The lowest BCUT2D eigenvalue weighted by Gasteiger charge is -2.09. The molecule has 0 aliphatic heterocycles. The Morgan fingerprint density at radius 1 is 1.06 bits per heavy atom. The van der Waals surface area contributed by atoms with Gasteiger partial charge in [-0.2, -0.15) is 5.10 Å². The molecule has 8 heteroatoms. The SMILES string of the molecule is COc1cccc(-c2ccc(=O)n(CC(=O)Nc3cccc(-c4csc(C)n4)c3)n2)c1. The second-order valence-corrected chi connectivity index (χ2v) is 7.89. The van der Waals surface area contributed by atoms with Gasteiger partial charge in [0.05, 0.1) is 23.5 Å². The second kappa shape index (κ2) is 8.93. The summed E-state index contributed by atoms with van der Waals surface area (Å²) in [5.74, 6) is 0.342. The highest BCUT2D eigenvalue weighted by Crippen LogP contribution is 2.24. The van der Waals surface area contributed by atoms with Gasteiger partial charge in [-0.15, -0.1) is 11.3 Å². The van der Waals surface area contributed by atoms with Crippen LogP contribution in [0.15, 0.2) is 70.8 Å². The normalized spacial score (nSPS) is 10.6. The molecule has 0 aliphatic rings. The van der Waals surface area contributed by atoms with E-state index in [2.05, 4.69) is 15.4 Å². The average Bonchev–Trinajstić information content (AvgIpc) is 3.22. The van der Waals surface area contributed by atoms with Crippen molar-refractivity contribution in [2.24, 2.45) is 0 Å². The minimum Gasteiger partial charge on any atom is -0.497 e. The predicted octanol–water partition coefficient (Wildman–Crippen LogP) is 3.99. The van der Waals surface area contributed by atoms with E-state index in [-0.39, 0.29) is 18.0 Å². The second-order valence-electron chi connectivity index (χ2n) is 6.83. The third kappa shape index (κ3) is 4.87. The maximum atomic E-state index is 12.6. The van der Waals surface area contributed by atoms with Crippen LogP contribution >= 0.6 is 11.3 Å². The van der Waals surface area contributed by atoms with Crippen LogP contribution in [0.4, 0.5) is 5.69 Å². The van der Waals surface area contributed by atoms with Gasteiger partial charge in [0.2, 0.25) is 5.91 Å². The number of thiazole rings is 1. The van der Waals surface area contributed by atoms with Gasteiger partial charge in [0.1, 0.15) is 12.3 Å². The van der Waals surface area contributed by atoms with E-state index in [1.165, 1.54) is 6.07 Å². The highest BCUT2D eigenvalue weighted by Gasteiger charge is 2.10. The molecular weight excluding hydrogens is 412 g/mol. The van der Waals surface area contributed by atoms with Crippen LogP contribution in [0.1, 0.15) is 5.01 Å². The zero-order valence-corrected chi connectivity index (χ0v) is 17.8. The highest BCUT2D eigenvalue weighted by atomic mass is 32.1. The molecule has 7 nitrogen and oxygen atoms in total. The quantitative estimate of drug-likeness (QED) is 0.498. The zero-order chi connectivity index (χ0) is 21.8. The molecule has 0 spiro atoms. The lowest BCUT2D eigenvalue weighted by atomic mass is 10.1. The molecule has 0 bridgehead atoms. The third-order valence-corrected chi connectivity index (χ3v) is 5.36. The molecule has 2 aromatic heterocycles. The number of hydrogen-bond donors (Lipinski definition) is 1. The van der Waals surface area contributed by atoms with Gasteiger partial charge >= 0.3 is 0 Å². The summed E-state index contributed by atoms with van der Waals surface area (Å²) >= 11 is 1.57. The number of benzene rings is 2. The maximum absolute atomic E-state index is 12.6. The van der Waals surface area contributed by atoms with E-state index in [0.717, 1.165) is 26.5 Å². The highest BCUT2D eigenvalue weighted by molar-refractivity contribution is 7.09. The van der Waals surface area contributed by atoms with Crippen molar-refractivity contribution in [2.45, 2.75) is 13.5 Å². The molecular formula is C23H20N4O3S. The van der Waals surface area contributed by atoms with Crippen LogP contribution in [-0.4, -0.2) is 27.8 Å². The summed E-state index contributed by atoms with van der Waals surface area (Å²) in [4.78, 5) is 29.3. The molecule has 2 heterocycles. The molecule has 2 aromatic carbocycles. The molecule has 0 radical (unpaired) electrons. The third-order valence-electron chi connectivity index (χ3n) is 4.59. The Bertz CT molecular complexity index is 1300. The van der Waals surface area contributed by atoms with Crippen molar-refractivity contribution < 1.29 is 9.53 Å². The molecule has 156 valence electrons. The number of amides is 1. The van der Waals surface area contributed by atoms with Crippen molar-refractivity contribution in [1.82, 2.24) is 14.8 Å². The Morgan fingerprint density at radius 3 is 2.58 bits per heavy atom. The summed E-state index contributed by atoms with van der Waals surface area (Å²) in [6.07, 6.45) is 0. The molecule has 31 heavy (non-hydrogen) atoms. The number of anilines is 1. The number of nitrogens with one attached hydrogen (secondary N) is 1. The van der Waals surface area contributed by atoms with Crippen molar-refractivity contribution in [1.29, 1.82) is 0 Å². The Kier molecular flexibility index (Phi) is 5.90. The molecule has 0 saturated carbocycles. The number of aromatic nitrogens is 3. The van der Waals surface area contributed by atoms with Crippen LogP contribution in [0.2, 0.25) is 0 Å². The number of ether oxygens (including phenoxy) is 1. The first-order valence-electron chi connectivity index (χ1n) is 9.57. The standard InChI is InChI=1S/C23H20N4O3S/c1-15-24-21(14-31-15)16-5-3-7-18(11-16)25-22(28)13-27-23(29)10-9-20(26-27)17-6-4-8-19(12-17)30-2/h3-12,14H,13H2,1-2H3,(H,25,28). The summed E-state index contributed by atoms with van der Waals surface area (Å²) in [6, 6.07) is 17.8. The van der Waals surface area contributed by atoms with Gasteiger partial charge in [-0.25, -0.2) is 9.67 Å². The van der Waals surface area contributed by atoms with Gasteiger partial charge in [0, 0.05) is 28.3 Å². The number of rotatable bonds is 6. The van der Waals surface area contributed by atoms with Crippen LogP contribution < -0.4 is 15.6 Å². The van der Waals surface area contributed by atoms with E-state index in [4.69, 9.17) is 4.74 Å². The van der Waals surface area contributed by atoms with Crippen LogP contribution in [0.5, 0.6) is 5.75 Å². The van der Waals surface area contributed by atoms with Crippen molar-refractivity contribution >= 4 is 22.9 Å². The van der Waals surface area contributed by atoms with Crippen molar-refractivity contribution in [2.75, 3.05) is 12.4 Å².